The standard InChI is InChI=1S/C25H33FN4O3/c1-4-5-16-33-24(32)29-12-8-20(9-13-29)28-14-10-25(11-15-28)18-30(23(31)27(2)3)22-7-6-19(26)17-21(22)25/h6-7,17,20H,8-16,18H2,1-3H3. The number of likely N-dealkylation sites (tertiary alicyclic amines) is 2. The van der Waals surface area contributed by atoms with E-state index in [1.807, 2.05) is 0 Å². The highest BCUT2D eigenvalue weighted by atomic mass is 19.1. The van der Waals surface area contributed by atoms with Crippen LogP contribution in [0, 0.1) is 17.7 Å². The van der Waals surface area contributed by atoms with Gasteiger partial charge in [0.2, 0.25) is 0 Å². The molecule has 0 aliphatic carbocycles. The summed E-state index contributed by atoms with van der Waals surface area (Å²) in [5, 5.41) is 0. The molecule has 4 rings (SSSR count). The first-order valence-corrected chi connectivity index (χ1v) is 11.7. The van der Waals surface area contributed by atoms with Gasteiger partial charge in [-0.25, -0.2) is 14.0 Å². The lowest BCUT2D eigenvalue weighted by Gasteiger charge is -2.45. The number of carbonyl (C=O) groups is 2. The number of rotatable bonds is 2. The van der Waals surface area contributed by atoms with Crippen molar-refractivity contribution in [3.63, 3.8) is 0 Å². The first-order chi connectivity index (χ1) is 15.8. The second-order valence-corrected chi connectivity index (χ2v) is 9.44. The number of nitrogens with zero attached hydrogens (tertiary/aromatic N) is 4. The van der Waals surface area contributed by atoms with Crippen molar-refractivity contribution in [3.8, 4) is 11.8 Å². The molecule has 0 saturated carbocycles. The minimum atomic E-state index is -0.288. The largest absolute Gasteiger partial charge is 0.436 e. The molecule has 0 aromatic heterocycles. The maximum Gasteiger partial charge on any atom is 0.410 e. The van der Waals surface area contributed by atoms with Gasteiger partial charge in [-0.3, -0.25) is 4.90 Å². The van der Waals surface area contributed by atoms with E-state index in [-0.39, 0.29) is 30.0 Å². The number of fused-ring (bicyclic) bond motifs is 2. The number of carbonyl (C=O) groups excluding carboxylic acids is 2. The lowest BCUT2D eigenvalue weighted by atomic mass is 9.74. The van der Waals surface area contributed by atoms with Crippen LogP contribution in [0.25, 0.3) is 0 Å². The number of benzene rings is 1. The second kappa shape index (κ2) is 9.60. The first-order valence-electron chi connectivity index (χ1n) is 11.7. The summed E-state index contributed by atoms with van der Waals surface area (Å²) in [7, 11) is 3.50. The van der Waals surface area contributed by atoms with Gasteiger partial charge < -0.3 is 19.4 Å². The van der Waals surface area contributed by atoms with Gasteiger partial charge in [0.1, 0.15) is 5.82 Å². The molecule has 0 unspecified atom stereocenters. The van der Waals surface area contributed by atoms with Crippen LogP contribution in [-0.4, -0.2) is 86.3 Å². The van der Waals surface area contributed by atoms with Crippen molar-refractivity contribution in [1.29, 1.82) is 0 Å². The van der Waals surface area contributed by atoms with E-state index in [0.717, 1.165) is 50.0 Å². The van der Waals surface area contributed by atoms with Gasteiger partial charge in [-0.2, -0.15) is 0 Å². The van der Waals surface area contributed by atoms with E-state index >= 15 is 0 Å². The molecule has 3 amide bonds. The summed E-state index contributed by atoms with van der Waals surface area (Å²) in [4.78, 5) is 32.6. The monoisotopic (exact) mass is 456 g/mol. The molecular weight excluding hydrogens is 423 g/mol. The van der Waals surface area contributed by atoms with Gasteiger partial charge >= 0.3 is 12.1 Å². The minimum Gasteiger partial charge on any atom is -0.436 e. The Balaban J connectivity index is 1.38. The molecule has 7 nitrogen and oxygen atoms in total. The SMILES string of the molecule is CC#CCOC(=O)N1CCC(N2CCC3(CC2)CN(C(=O)N(C)C)c2ccc(F)cc23)CC1. The van der Waals surface area contributed by atoms with Gasteiger partial charge in [-0.15, -0.1) is 5.92 Å². The molecule has 0 bridgehead atoms. The van der Waals surface area contributed by atoms with Crippen molar-refractivity contribution >= 4 is 17.8 Å². The lowest BCUT2D eigenvalue weighted by Crippen LogP contribution is -2.52. The smallest absolute Gasteiger partial charge is 0.410 e. The maximum atomic E-state index is 14.2. The van der Waals surface area contributed by atoms with Crippen molar-refractivity contribution in [1.82, 2.24) is 14.7 Å². The Morgan fingerprint density at radius 1 is 1.18 bits per heavy atom. The van der Waals surface area contributed by atoms with Crippen molar-refractivity contribution < 1.29 is 18.7 Å². The Kier molecular flexibility index (Phi) is 6.80. The summed E-state index contributed by atoms with van der Waals surface area (Å²) in [6, 6.07) is 5.17. The molecule has 178 valence electrons. The Labute approximate surface area is 195 Å². The van der Waals surface area contributed by atoms with Crippen molar-refractivity contribution in [2.75, 3.05) is 58.3 Å². The van der Waals surface area contributed by atoms with Crippen LogP contribution in [0.1, 0.15) is 38.2 Å². The summed E-state index contributed by atoms with van der Waals surface area (Å²) < 4.78 is 19.4. The van der Waals surface area contributed by atoms with Crippen LogP contribution in [0.4, 0.5) is 19.7 Å². The molecule has 33 heavy (non-hydrogen) atoms. The van der Waals surface area contributed by atoms with Crippen molar-refractivity contribution in [2.24, 2.45) is 0 Å². The van der Waals surface area contributed by atoms with E-state index in [1.165, 1.54) is 6.07 Å². The molecule has 1 aromatic carbocycles. The van der Waals surface area contributed by atoms with E-state index in [9.17, 15) is 14.0 Å². The molecule has 8 heteroatoms. The Morgan fingerprint density at radius 3 is 2.52 bits per heavy atom. The molecule has 3 heterocycles. The number of amides is 3. The van der Waals surface area contributed by atoms with Crippen LogP contribution in [0.3, 0.4) is 0 Å². The van der Waals surface area contributed by atoms with E-state index in [4.69, 9.17) is 4.74 Å². The number of piperidine rings is 2. The lowest BCUT2D eigenvalue weighted by molar-refractivity contribution is 0.0602. The van der Waals surface area contributed by atoms with Gasteiger partial charge in [-0.1, -0.05) is 5.92 Å². The zero-order chi connectivity index (χ0) is 23.6. The fourth-order valence-corrected chi connectivity index (χ4v) is 5.47. The van der Waals surface area contributed by atoms with E-state index < -0.39 is 0 Å². The predicted molar refractivity (Wildman–Crippen MR) is 125 cm³/mol. The predicted octanol–water partition coefficient (Wildman–Crippen LogP) is 3.29. The Morgan fingerprint density at radius 2 is 1.88 bits per heavy atom. The molecule has 0 N–H and O–H groups in total. The maximum absolute atomic E-state index is 14.2. The van der Waals surface area contributed by atoms with Crippen molar-refractivity contribution in [3.05, 3.63) is 29.6 Å². The second-order valence-electron chi connectivity index (χ2n) is 9.44. The van der Waals surface area contributed by atoms with Crippen LogP contribution >= 0.6 is 0 Å². The third-order valence-electron chi connectivity index (χ3n) is 7.33. The van der Waals surface area contributed by atoms with Crippen LogP contribution < -0.4 is 4.90 Å². The fraction of sp³-hybridized carbons (Fsp3) is 0.600. The van der Waals surface area contributed by atoms with Gasteiger partial charge in [0.15, 0.2) is 6.61 Å². The molecule has 2 saturated heterocycles. The minimum absolute atomic E-state index is 0.0636. The van der Waals surface area contributed by atoms with Crippen LogP contribution in [-0.2, 0) is 10.2 Å². The Bertz CT molecular complexity index is 954. The molecule has 0 radical (unpaired) electrons. The molecule has 3 aliphatic rings. The quantitative estimate of drug-likeness (QED) is 0.641. The summed E-state index contributed by atoms with van der Waals surface area (Å²) in [6.45, 7) is 5.64. The zero-order valence-electron chi connectivity index (χ0n) is 19.8. The van der Waals surface area contributed by atoms with Gasteiger partial charge in [0, 0.05) is 50.9 Å². The van der Waals surface area contributed by atoms with Crippen LogP contribution in [0.15, 0.2) is 18.2 Å². The number of hydrogen-bond donors (Lipinski definition) is 0. The number of anilines is 1. The molecule has 3 aliphatic heterocycles. The van der Waals surface area contributed by atoms with Crippen molar-refractivity contribution in [2.45, 2.75) is 44.1 Å². The normalized spacial score (nSPS) is 20.2. The summed E-state index contributed by atoms with van der Waals surface area (Å²) in [5.41, 5.74) is 1.60. The molecule has 1 aromatic rings. The first kappa shape index (κ1) is 23.4. The molecule has 0 atom stereocenters. The van der Waals surface area contributed by atoms with Crippen LogP contribution in [0.2, 0.25) is 0 Å². The topological polar surface area (TPSA) is 56.3 Å². The number of urea groups is 1. The summed E-state index contributed by atoms with van der Waals surface area (Å²) in [6.07, 6.45) is 3.32. The van der Waals surface area contributed by atoms with Gasteiger partial charge in [0.25, 0.3) is 0 Å². The molecule has 2 fully saturated rings. The average molecular weight is 457 g/mol. The van der Waals surface area contributed by atoms with E-state index in [2.05, 4.69) is 16.7 Å². The molecule has 1 spiro atoms. The average Bonchev–Trinajstić information content (AvgIpc) is 3.12. The molecular formula is C25H33FN4O3. The number of ether oxygens (including phenoxy) is 1. The third kappa shape index (κ3) is 4.65. The highest BCUT2D eigenvalue weighted by Gasteiger charge is 2.47. The highest BCUT2D eigenvalue weighted by molar-refractivity contribution is 5.95. The number of hydrogen-bond acceptors (Lipinski definition) is 4. The van der Waals surface area contributed by atoms with Gasteiger partial charge in [0.05, 0.1) is 0 Å². The van der Waals surface area contributed by atoms with E-state index in [1.54, 1.807) is 47.9 Å². The zero-order valence-corrected chi connectivity index (χ0v) is 19.8. The van der Waals surface area contributed by atoms with E-state index in [0.29, 0.717) is 25.7 Å². The summed E-state index contributed by atoms with van der Waals surface area (Å²) in [5.74, 6) is 5.22. The Hall–Kier alpha value is -2.79. The van der Waals surface area contributed by atoms with Gasteiger partial charge in [-0.05, 0) is 69.5 Å². The number of halogens is 1. The van der Waals surface area contributed by atoms with Crippen LogP contribution in [0.5, 0.6) is 0 Å². The third-order valence-corrected chi connectivity index (χ3v) is 7.33. The fourth-order valence-electron chi connectivity index (χ4n) is 5.47. The highest BCUT2D eigenvalue weighted by Crippen LogP contribution is 2.48. The summed E-state index contributed by atoms with van der Waals surface area (Å²) >= 11 is 0.